The number of rotatable bonds is 4. The molecule has 0 bridgehead atoms. The van der Waals surface area contributed by atoms with Crippen molar-refractivity contribution >= 4 is 34.2 Å². The molecule has 0 aliphatic carbocycles. The Labute approximate surface area is 135 Å². The number of hydrogen-bond acceptors (Lipinski definition) is 2. The maximum Gasteiger partial charge on any atom is 0.270 e. The lowest BCUT2D eigenvalue weighted by Crippen LogP contribution is -2.41. The molecule has 1 N–H and O–H groups in total. The van der Waals surface area contributed by atoms with Crippen molar-refractivity contribution < 1.29 is 4.79 Å². The molecule has 1 fully saturated rings. The van der Waals surface area contributed by atoms with E-state index in [4.69, 9.17) is 0 Å². The molecule has 1 aromatic rings. The summed E-state index contributed by atoms with van der Waals surface area (Å²) >= 11 is 3.47. The van der Waals surface area contributed by atoms with Crippen LogP contribution in [0.15, 0.2) is 16.7 Å². The number of carbonyl (C=O) groups is 1. The van der Waals surface area contributed by atoms with Gasteiger partial charge in [0.2, 0.25) is 0 Å². The van der Waals surface area contributed by atoms with Crippen molar-refractivity contribution in [2.75, 3.05) is 20.1 Å². The van der Waals surface area contributed by atoms with Crippen LogP contribution in [-0.4, -0.2) is 41.6 Å². The molecule has 0 saturated carbocycles. The monoisotopic (exact) mass is 363 g/mol. The van der Waals surface area contributed by atoms with E-state index >= 15 is 0 Å². The van der Waals surface area contributed by atoms with Crippen LogP contribution >= 0.6 is 28.3 Å². The van der Waals surface area contributed by atoms with Crippen molar-refractivity contribution in [2.45, 2.75) is 38.8 Å². The molecule has 2 rings (SSSR count). The summed E-state index contributed by atoms with van der Waals surface area (Å²) in [4.78, 5) is 14.7. The first kappa shape index (κ1) is 17.5. The molecule has 20 heavy (non-hydrogen) atoms. The lowest BCUT2D eigenvalue weighted by atomic mass is 10.2. The fourth-order valence-corrected chi connectivity index (χ4v) is 3.18. The molecular weight excluding hydrogens is 342 g/mol. The van der Waals surface area contributed by atoms with Gasteiger partial charge in [0, 0.05) is 35.8 Å². The van der Waals surface area contributed by atoms with E-state index in [0.29, 0.717) is 6.04 Å². The normalized spacial score (nSPS) is 18.4. The lowest BCUT2D eigenvalue weighted by Gasteiger charge is -2.25. The second kappa shape index (κ2) is 7.48. The van der Waals surface area contributed by atoms with Gasteiger partial charge < -0.3 is 14.8 Å². The first-order valence-corrected chi connectivity index (χ1v) is 7.66. The van der Waals surface area contributed by atoms with E-state index in [-0.39, 0.29) is 24.4 Å². The second-order valence-corrected chi connectivity index (χ2v) is 6.31. The van der Waals surface area contributed by atoms with Crippen molar-refractivity contribution in [3.63, 3.8) is 0 Å². The molecule has 1 unspecified atom stereocenters. The Morgan fingerprint density at radius 3 is 2.85 bits per heavy atom. The summed E-state index contributed by atoms with van der Waals surface area (Å²) in [6.07, 6.45) is 4.18. The van der Waals surface area contributed by atoms with Crippen LogP contribution in [-0.2, 0) is 0 Å². The second-order valence-electron chi connectivity index (χ2n) is 5.40. The molecule has 6 heteroatoms. The first-order chi connectivity index (χ1) is 9.04. The fraction of sp³-hybridized carbons (Fsp3) is 0.643. The third-order valence-electron chi connectivity index (χ3n) is 3.67. The highest BCUT2D eigenvalue weighted by Gasteiger charge is 2.30. The smallest absolute Gasteiger partial charge is 0.270 e. The molecule has 2 heterocycles. The van der Waals surface area contributed by atoms with Crippen LogP contribution in [0.25, 0.3) is 0 Å². The predicted octanol–water partition coefficient (Wildman–Crippen LogP) is 3.08. The zero-order valence-corrected chi connectivity index (χ0v) is 14.6. The van der Waals surface area contributed by atoms with Crippen LogP contribution in [0.1, 0.15) is 43.2 Å². The number of likely N-dealkylation sites (tertiary alicyclic amines) is 1. The third kappa shape index (κ3) is 3.57. The van der Waals surface area contributed by atoms with E-state index in [0.717, 1.165) is 36.1 Å². The summed E-state index contributed by atoms with van der Waals surface area (Å²) < 4.78 is 3.01. The van der Waals surface area contributed by atoms with Gasteiger partial charge in [-0.05, 0) is 55.7 Å². The van der Waals surface area contributed by atoms with Gasteiger partial charge in [-0.3, -0.25) is 4.79 Å². The number of likely N-dealkylation sites (N-methyl/N-ethyl adjacent to an activating group) is 1. The molecule has 1 aromatic heterocycles. The average Bonchev–Trinajstić information content (AvgIpc) is 2.95. The van der Waals surface area contributed by atoms with E-state index in [2.05, 4.69) is 35.1 Å². The van der Waals surface area contributed by atoms with Gasteiger partial charge in [-0.25, -0.2) is 0 Å². The zero-order chi connectivity index (χ0) is 14.0. The Bertz CT molecular complexity index is 461. The number of nitrogens with one attached hydrogen (secondary N) is 1. The molecule has 0 radical (unpaired) electrons. The van der Waals surface area contributed by atoms with Crippen LogP contribution < -0.4 is 5.32 Å². The number of halogens is 2. The van der Waals surface area contributed by atoms with Gasteiger partial charge in [-0.15, -0.1) is 12.4 Å². The Hall–Kier alpha value is -0.520. The molecule has 1 atom stereocenters. The summed E-state index contributed by atoms with van der Waals surface area (Å²) in [6.45, 7) is 5.93. The Morgan fingerprint density at radius 1 is 1.55 bits per heavy atom. The minimum atomic E-state index is 0. The molecule has 1 aliphatic rings. The molecule has 4 nitrogen and oxygen atoms in total. The summed E-state index contributed by atoms with van der Waals surface area (Å²) in [6, 6.07) is 2.54. The topological polar surface area (TPSA) is 37.3 Å². The van der Waals surface area contributed by atoms with Crippen LogP contribution in [0.3, 0.4) is 0 Å². The van der Waals surface area contributed by atoms with E-state index in [1.165, 1.54) is 0 Å². The molecule has 0 spiro atoms. The van der Waals surface area contributed by atoms with Gasteiger partial charge in [-0.2, -0.15) is 0 Å². The maximum absolute atomic E-state index is 12.7. The largest absolute Gasteiger partial charge is 0.340 e. The molecule has 0 aromatic carbocycles. The fourth-order valence-electron chi connectivity index (χ4n) is 2.74. The molecule has 1 saturated heterocycles. The van der Waals surface area contributed by atoms with E-state index in [1.54, 1.807) is 0 Å². The van der Waals surface area contributed by atoms with E-state index in [1.807, 2.05) is 28.8 Å². The highest BCUT2D eigenvalue weighted by Crippen LogP contribution is 2.24. The number of nitrogens with zero attached hydrogens (tertiary/aromatic N) is 2. The van der Waals surface area contributed by atoms with Crippen LogP contribution in [0.5, 0.6) is 0 Å². The van der Waals surface area contributed by atoms with Gasteiger partial charge in [0.05, 0.1) is 0 Å². The molecule has 1 aliphatic heterocycles. The van der Waals surface area contributed by atoms with Crippen molar-refractivity contribution in [1.29, 1.82) is 0 Å². The third-order valence-corrected chi connectivity index (χ3v) is 4.10. The SMILES string of the molecule is CNCC1CCCN1C(=O)c1cc(Br)cn1C(C)C.Cl. The molecular formula is C14H23BrClN3O. The number of hydrogen-bond donors (Lipinski definition) is 1. The maximum atomic E-state index is 12.7. The summed E-state index contributed by atoms with van der Waals surface area (Å²) in [5.41, 5.74) is 0.782. The standard InChI is InChI=1S/C14H22BrN3O.ClH/c1-10(2)18-9-11(15)7-13(18)14(19)17-6-4-5-12(17)8-16-3;/h7,9-10,12,16H,4-6,8H2,1-3H3;1H. The average molecular weight is 365 g/mol. The van der Waals surface area contributed by atoms with Crippen molar-refractivity contribution in [2.24, 2.45) is 0 Å². The quantitative estimate of drug-likeness (QED) is 0.891. The van der Waals surface area contributed by atoms with Crippen molar-refractivity contribution in [3.05, 3.63) is 22.4 Å². The number of aromatic nitrogens is 1. The number of amides is 1. The van der Waals surface area contributed by atoms with Crippen LogP contribution in [0.4, 0.5) is 0 Å². The minimum Gasteiger partial charge on any atom is -0.340 e. The predicted molar refractivity (Wildman–Crippen MR) is 87.8 cm³/mol. The van der Waals surface area contributed by atoms with Gasteiger partial charge in [0.25, 0.3) is 5.91 Å². The van der Waals surface area contributed by atoms with E-state index in [9.17, 15) is 4.79 Å². The Morgan fingerprint density at radius 2 is 2.25 bits per heavy atom. The highest BCUT2D eigenvalue weighted by atomic mass is 79.9. The number of carbonyl (C=O) groups excluding carboxylic acids is 1. The van der Waals surface area contributed by atoms with E-state index < -0.39 is 0 Å². The minimum absolute atomic E-state index is 0. The summed E-state index contributed by atoms with van der Waals surface area (Å²) in [7, 11) is 1.94. The highest BCUT2D eigenvalue weighted by molar-refractivity contribution is 9.10. The molecule has 1 amide bonds. The van der Waals surface area contributed by atoms with Gasteiger partial charge in [0.15, 0.2) is 0 Å². The summed E-state index contributed by atoms with van der Waals surface area (Å²) in [5, 5.41) is 3.18. The zero-order valence-electron chi connectivity index (χ0n) is 12.2. The lowest BCUT2D eigenvalue weighted by molar-refractivity contribution is 0.0724. The van der Waals surface area contributed by atoms with Gasteiger partial charge in [0.1, 0.15) is 5.69 Å². The molecule has 114 valence electrons. The Balaban J connectivity index is 0.00000200. The van der Waals surface area contributed by atoms with Crippen molar-refractivity contribution in [3.8, 4) is 0 Å². The Kier molecular flexibility index (Phi) is 6.55. The van der Waals surface area contributed by atoms with Crippen molar-refractivity contribution in [1.82, 2.24) is 14.8 Å². The van der Waals surface area contributed by atoms with Crippen LogP contribution in [0, 0.1) is 0 Å². The van der Waals surface area contributed by atoms with Gasteiger partial charge >= 0.3 is 0 Å². The first-order valence-electron chi connectivity index (χ1n) is 6.87. The summed E-state index contributed by atoms with van der Waals surface area (Å²) in [5.74, 6) is 0.150. The van der Waals surface area contributed by atoms with Gasteiger partial charge in [-0.1, -0.05) is 0 Å². The van der Waals surface area contributed by atoms with Crippen LogP contribution in [0.2, 0.25) is 0 Å².